The molecule has 0 fully saturated rings. The Morgan fingerprint density at radius 3 is 2.42 bits per heavy atom. The standard InChI is InChI=1S/C12H10F3N3O/c13-12(14,15)19-10-5-2-1-4-9(10)8-18-11-16-6-3-7-17-11/h1-7H,8H2,(H,16,17,18). The van der Waals surface area contributed by atoms with Crippen LogP contribution in [-0.4, -0.2) is 16.3 Å². The Balaban J connectivity index is 2.08. The Hall–Kier alpha value is -2.31. The van der Waals surface area contributed by atoms with E-state index in [0.29, 0.717) is 11.5 Å². The summed E-state index contributed by atoms with van der Waals surface area (Å²) < 4.78 is 40.6. The Morgan fingerprint density at radius 1 is 1.05 bits per heavy atom. The van der Waals surface area contributed by atoms with Gasteiger partial charge in [0.15, 0.2) is 0 Å². The minimum atomic E-state index is -4.71. The van der Waals surface area contributed by atoms with Crippen molar-refractivity contribution >= 4 is 5.95 Å². The van der Waals surface area contributed by atoms with Gasteiger partial charge in [0.1, 0.15) is 5.75 Å². The van der Waals surface area contributed by atoms with Gasteiger partial charge in [0.2, 0.25) is 5.95 Å². The normalized spacial score (nSPS) is 11.1. The summed E-state index contributed by atoms with van der Waals surface area (Å²) in [5.74, 6) is 0.0998. The van der Waals surface area contributed by atoms with Crippen LogP contribution in [0.15, 0.2) is 42.7 Å². The third-order valence-corrected chi connectivity index (χ3v) is 2.20. The number of anilines is 1. The highest BCUT2D eigenvalue weighted by Crippen LogP contribution is 2.26. The Kier molecular flexibility index (Phi) is 3.84. The van der Waals surface area contributed by atoms with Crippen LogP contribution in [0.1, 0.15) is 5.56 Å². The van der Waals surface area contributed by atoms with E-state index in [2.05, 4.69) is 20.0 Å². The Bertz CT molecular complexity index is 531. The van der Waals surface area contributed by atoms with Gasteiger partial charge in [0, 0.05) is 24.5 Å². The van der Waals surface area contributed by atoms with E-state index in [1.807, 2.05) is 0 Å². The molecule has 100 valence electrons. The average molecular weight is 269 g/mol. The highest BCUT2D eigenvalue weighted by atomic mass is 19.4. The van der Waals surface area contributed by atoms with Crippen LogP contribution < -0.4 is 10.1 Å². The lowest BCUT2D eigenvalue weighted by Gasteiger charge is -2.13. The van der Waals surface area contributed by atoms with E-state index in [1.54, 1.807) is 12.1 Å². The molecule has 0 bridgehead atoms. The van der Waals surface area contributed by atoms with E-state index < -0.39 is 6.36 Å². The predicted octanol–water partition coefficient (Wildman–Crippen LogP) is 2.99. The van der Waals surface area contributed by atoms with Crippen molar-refractivity contribution in [3.8, 4) is 5.75 Å². The van der Waals surface area contributed by atoms with Crippen LogP contribution in [0.2, 0.25) is 0 Å². The summed E-state index contributed by atoms with van der Waals surface area (Å²) >= 11 is 0. The smallest absolute Gasteiger partial charge is 0.405 e. The quantitative estimate of drug-likeness (QED) is 0.926. The predicted molar refractivity (Wildman–Crippen MR) is 62.5 cm³/mol. The number of benzene rings is 1. The molecule has 0 unspecified atom stereocenters. The van der Waals surface area contributed by atoms with Crippen molar-refractivity contribution in [3.63, 3.8) is 0 Å². The molecular formula is C12H10F3N3O. The number of rotatable bonds is 4. The molecule has 1 heterocycles. The SMILES string of the molecule is FC(F)(F)Oc1ccccc1CNc1ncccn1. The summed E-state index contributed by atoms with van der Waals surface area (Å²) in [6.45, 7) is 0.135. The summed E-state index contributed by atoms with van der Waals surface area (Å²) in [4.78, 5) is 7.83. The molecule has 2 rings (SSSR count). The minimum absolute atomic E-state index is 0.135. The van der Waals surface area contributed by atoms with Crippen LogP contribution in [-0.2, 0) is 6.54 Å². The van der Waals surface area contributed by atoms with Gasteiger partial charge in [-0.05, 0) is 12.1 Å². The van der Waals surface area contributed by atoms with Gasteiger partial charge in [0.05, 0.1) is 0 Å². The van der Waals surface area contributed by atoms with E-state index in [9.17, 15) is 13.2 Å². The Labute approximate surface area is 107 Å². The Morgan fingerprint density at radius 2 is 1.74 bits per heavy atom. The van der Waals surface area contributed by atoms with Crippen molar-refractivity contribution in [1.29, 1.82) is 0 Å². The van der Waals surface area contributed by atoms with E-state index in [1.165, 1.54) is 30.6 Å². The zero-order valence-electron chi connectivity index (χ0n) is 9.69. The lowest BCUT2D eigenvalue weighted by atomic mass is 10.2. The highest BCUT2D eigenvalue weighted by molar-refractivity contribution is 5.36. The molecule has 0 radical (unpaired) electrons. The molecule has 0 aliphatic heterocycles. The van der Waals surface area contributed by atoms with Crippen molar-refractivity contribution < 1.29 is 17.9 Å². The number of halogens is 3. The number of nitrogens with zero attached hydrogens (tertiary/aromatic N) is 2. The first kappa shape index (κ1) is 13.1. The molecular weight excluding hydrogens is 259 g/mol. The maximum absolute atomic E-state index is 12.2. The summed E-state index contributed by atoms with van der Waals surface area (Å²) in [7, 11) is 0. The van der Waals surface area contributed by atoms with Gasteiger partial charge in [-0.2, -0.15) is 0 Å². The third kappa shape index (κ3) is 4.13. The van der Waals surface area contributed by atoms with Crippen molar-refractivity contribution in [2.45, 2.75) is 12.9 Å². The van der Waals surface area contributed by atoms with Gasteiger partial charge in [-0.25, -0.2) is 9.97 Å². The fourth-order valence-electron chi connectivity index (χ4n) is 1.44. The molecule has 0 aliphatic rings. The molecule has 0 spiro atoms. The maximum Gasteiger partial charge on any atom is 0.573 e. The molecule has 19 heavy (non-hydrogen) atoms. The van der Waals surface area contributed by atoms with E-state index >= 15 is 0 Å². The number of nitrogens with one attached hydrogen (secondary N) is 1. The first-order valence-corrected chi connectivity index (χ1v) is 5.39. The summed E-state index contributed by atoms with van der Waals surface area (Å²) in [6.07, 6.45) is -1.64. The summed E-state index contributed by atoms with van der Waals surface area (Å²) in [5, 5.41) is 2.82. The molecule has 0 aliphatic carbocycles. The number of ether oxygens (including phenoxy) is 1. The maximum atomic E-state index is 12.2. The van der Waals surface area contributed by atoms with Crippen LogP contribution in [0.4, 0.5) is 19.1 Å². The van der Waals surface area contributed by atoms with Gasteiger partial charge in [0.25, 0.3) is 0 Å². The monoisotopic (exact) mass is 269 g/mol. The largest absolute Gasteiger partial charge is 0.573 e. The number of hydrogen-bond donors (Lipinski definition) is 1. The molecule has 4 nitrogen and oxygen atoms in total. The van der Waals surface area contributed by atoms with E-state index in [-0.39, 0.29) is 12.3 Å². The minimum Gasteiger partial charge on any atom is -0.405 e. The van der Waals surface area contributed by atoms with Gasteiger partial charge in [-0.1, -0.05) is 18.2 Å². The van der Waals surface area contributed by atoms with Crippen LogP contribution in [0.5, 0.6) is 5.75 Å². The second-order valence-corrected chi connectivity index (χ2v) is 3.58. The summed E-state index contributed by atoms with van der Waals surface area (Å²) in [5.41, 5.74) is 0.368. The molecule has 1 N–H and O–H groups in total. The molecule has 0 saturated heterocycles. The van der Waals surface area contributed by atoms with Gasteiger partial charge in [-0.3, -0.25) is 0 Å². The first-order chi connectivity index (χ1) is 9.04. The first-order valence-electron chi connectivity index (χ1n) is 5.39. The van der Waals surface area contributed by atoms with Crippen LogP contribution in [0.25, 0.3) is 0 Å². The average Bonchev–Trinajstić information content (AvgIpc) is 2.37. The highest BCUT2D eigenvalue weighted by Gasteiger charge is 2.31. The van der Waals surface area contributed by atoms with Crippen molar-refractivity contribution in [2.24, 2.45) is 0 Å². The lowest BCUT2D eigenvalue weighted by molar-refractivity contribution is -0.274. The third-order valence-electron chi connectivity index (χ3n) is 2.20. The zero-order valence-corrected chi connectivity index (χ0v) is 9.69. The number of alkyl halides is 3. The van der Waals surface area contributed by atoms with Gasteiger partial charge < -0.3 is 10.1 Å². The lowest BCUT2D eigenvalue weighted by Crippen LogP contribution is -2.18. The van der Waals surface area contributed by atoms with Crippen LogP contribution in [0.3, 0.4) is 0 Å². The molecule has 2 aromatic rings. The van der Waals surface area contributed by atoms with Crippen molar-refractivity contribution in [3.05, 3.63) is 48.3 Å². The van der Waals surface area contributed by atoms with E-state index in [4.69, 9.17) is 0 Å². The molecule has 1 aromatic carbocycles. The fourth-order valence-corrected chi connectivity index (χ4v) is 1.44. The second-order valence-electron chi connectivity index (χ2n) is 3.58. The molecule has 0 saturated carbocycles. The zero-order chi connectivity index (χ0) is 13.7. The van der Waals surface area contributed by atoms with E-state index in [0.717, 1.165) is 0 Å². The fraction of sp³-hybridized carbons (Fsp3) is 0.167. The van der Waals surface area contributed by atoms with Crippen LogP contribution in [0, 0.1) is 0 Å². The summed E-state index contributed by atoms with van der Waals surface area (Å²) in [6, 6.07) is 7.55. The van der Waals surface area contributed by atoms with Crippen molar-refractivity contribution in [2.75, 3.05) is 5.32 Å². The number of aromatic nitrogens is 2. The second kappa shape index (κ2) is 5.55. The van der Waals surface area contributed by atoms with Gasteiger partial charge in [-0.15, -0.1) is 13.2 Å². The van der Waals surface area contributed by atoms with Crippen LogP contribution >= 0.6 is 0 Å². The molecule has 0 amide bonds. The number of hydrogen-bond acceptors (Lipinski definition) is 4. The molecule has 7 heteroatoms. The van der Waals surface area contributed by atoms with Gasteiger partial charge >= 0.3 is 6.36 Å². The number of para-hydroxylation sites is 1. The molecule has 0 atom stereocenters. The topological polar surface area (TPSA) is 47.0 Å². The van der Waals surface area contributed by atoms with Crippen molar-refractivity contribution in [1.82, 2.24) is 9.97 Å². The molecule has 1 aromatic heterocycles.